The van der Waals surface area contributed by atoms with Crippen molar-refractivity contribution in [2.45, 2.75) is 13.5 Å². The van der Waals surface area contributed by atoms with Crippen molar-refractivity contribution in [3.05, 3.63) is 139 Å². The van der Waals surface area contributed by atoms with Gasteiger partial charge in [-0.1, -0.05) is 70.0 Å². The van der Waals surface area contributed by atoms with E-state index in [0.717, 1.165) is 32.7 Å². The van der Waals surface area contributed by atoms with Gasteiger partial charge in [-0.05, 0) is 100 Å². The number of benzene rings is 4. The van der Waals surface area contributed by atoms with Crippen LogP contribution in [-0.2, 0) is 6.61 Å². The topological polar surface area (TPSA) is 55.6 Å². The van der Waals surface area contributed by atoms with Crippen LogP contribution < -0.4 is 10.2 Å². The number of aromatic nitrogens is 1. The first-order chi connectivity index (χ1) is 19.4. The molecule has 0 bridgehead atoms. The van der Waals surface area contributed by atoms with Gasteiger partial charge in [0.15, 0.2) is 5.75 Å². The number of aryl methyl sites for hydroxylation is 1. The summed E-state index contributed by atoms with van der Waals surface area (Å²) < 4.78 is 9.78. The predicted octanol–water partition coefficient (Wildman–Crippen LogP) is 8.97. The minimum Gasteiger partial charge on any atom is -0.486 e. The van der Waals surface area contributed by atoms with Gasteiger partial charge < -0.3 is 9.30 Å². The summed E-state index contributed by atoms with van der Waals surface area (Å²) in [5, 5.41) is 4.55. The zero-order chi connectivity index (χ0) is 28.1. The smallest absolute Gasteiger partial charge is 0.271 e. The van der Waals surface area contributed by atoms with Crippen molar-refractivity contribution in [1.29, 1.82) is 0 Å². The Morgan fingerprint density at radius 3 is 2.38 bits per heavy atom. The van der Waals surface area contributed by atoms with Crippen molar-refractivity contribution < 1.29 is 9.53 Å². The van der Waals surface area contributed by atoms with E-state index >= 15 is 0 Å². The molecule has 0 spiro atoms. The van der Waals surface area contributed by atoms with Crippen molar-refractivity contribution in [3.63, 3.8) is 0 Å². The van der Waals surface area contributed by atoms with Gasteiger partial charge in [-0.15, -0.1) is 0 Å². The summed E-state index contributed by atoms with van der Waals surface area (Å²) in [6.45, 7) is 2.44. The maximum atomic E-state index is 12.7. The normalized spacial score (nSPS) is 11.1. The first-order valence-electron chi connectivity index (χ1n) is 12.4. The Bertz CT molecular complexity index is 1640. The molecule has 0 unspecified atom stereocenters. The Hall–Kier alpha value is -3.65. The number of ether oxygens (including phenoxy) is 1. The van der Waals surface area contributed by atoms with Crippen LogP contribution in [0.5, 0.6) is 5.75 Å². The number of carbonyl (C=O) groups is 1. The van der Waals surface area contributed by atoms with Crippen molar-refractivity contribution in [2.75, 3.05) is 0 Å². The van der Waals surface area contributed by atoms with Gasteiger partial charge in [-0.2, -0.15) is 5.10 Å². The zero-order valence-electron chi connectivity index (χ0n) is 21.4. The lowest BCUT2D eigenvalue weighted by Gasteiger charge is -2.13. The fourth-order valence-electron chi connectivity index (χ4n) is 4.24. The van der Waals surface area contributed by atoms with Crippen LogP contribution in [0.3, 0.4) is 0 Å². The minimum atomic E-state index is -0.310. The van der Waals surface area contributed by atoms with Gasteiger partial charge in [0.05, 0.1) is 21.4 Å². The molecule has 5 aromatic rings. The lowest BCUT2D eigenvalue weighted by Crippen LogP contribution is -2.17. The lowest BCUT2D eigenvalue weighted by atomic mass is 10.1. The molecule has 1 heterocycles. The van der Waals surface area contributed by atoms with Crippen LogP contribution in [0.2, 0.25) is 5.02 Å². The summed E-state index contributed by atoms with van der Waals surface area (Å²) in [5.74, 6) is 0.231. The highest BCUT2D eigenvalue weighted by Gasteiger charge is 2.12. The van der Waals surface area contributed by atoms with E-state index in [2.05, 4.69) is 78.1 Å². The van der Waals surface area contributed by atoms with E-state index in [1.807, 2.05) is 60.7 Å². The Morgan fingerprint density at radius 1 is 0.950 bits per heavy atom. The summed E-state index contributed by atoms with van der Waals surface area (Å²) in [7, 11) is 0. The van der Waals surface area contributed by atoms with Crippen molar-refractivity contribution in [2.24, 2.45) is 5.10 Å². The van der Waals surface area contributed by atoms with Gasteiger partial charge in [-0.25, -0.2) is 5.43 Å². The van der Waals surface area contributed by atoms with Gasteiger partial charge >= 0.3 is 0 Å². The molecular formula is C32H24Br2ClN3O2. The highest BCUT2D eigenvalue weighted by Crippen LogP contribution is 2.35. The van der Waals surface area contributed by atoms with E-state index in [-0.39, 0.29) is 5.91 Å². The molecule has 1 aromatic heterocycles. The maximum absolute atomic E-state index is 12.7. The molecule has 5 nitrogen and oxygen atoms in total. The van der Waals surface area contributed by atoms with Crippen molar-refractivity contribution >= 4 is 55.6 Å². The first kappa shape index (κ1) is 27.9. The van der Waals surface area contributed by atoms with Crippen LogP contribution in [0, 0.1) is 6.92 Å². The summed E-state index contributed by atoms with van der Waals surface area (Å²) in [5.41, 5.74) is 9.12. The van der Waals surface area contributed by atoms with E-state index in [1.165, 1.54) is 6.21 Å². The largest absolute Gasteiger partial charge is 0.486 e. The summed E-state index contributed by atoms with van der Waals surface area (Å²) in [4.78, 5) is 12.7. The zero-order valence-corrected chi connectivity index (χ0v) is 25.4. The van der Waals surface area contributed by atoms with Crippen molar-refractivity contribution in [1.82, 2.24) is 9.99 Å². The Balaban J connectivity index is 1.23. The second-order valence-corrected chi connectivity index (χ2v) is 11.2. The second kappa shape index (κ2) is 12.7. The van der Waals surface area contributed by atoms with Crippen LogP contribution in [0.25, 0.3) is 16.9 Å². The number of nitrogens with one attached hydrogen (secondary N) is 1. The van der Waals surface area contributed by atoms with Crippen LogP contribution in [-0.4, -0.2) is 16.7 Å². The van der Waals surface area contributed by atoms with E-state index in [4.69, 9.17) is 16.3 Å². The summed E-state index contributed by atoms with van der Waals surface area (Å²) in [6, 6.07) is 33.3. The van der Waals surface area contributed by atoms with Gasteiger partial charge in [-0.3, -0.25) is 4.79 Å². The van der Waals surface area contributed by atoms with E-state index in [9.17, 15) is 4.79 Å². The fourth-order valence-corrected chi connectivity index (χ4v) is 5.49. The van der Waals surface area contributed by atoms with Gasteiger partial charge in [0.2, 0.25) is 0 Å². The van der Waals surface area contributed by atoms with Crippen LogP contribution in [0.1, 0.15) is 27.2 Å². The van der Waals surface area contributed by atoms with Crippen molar-refractivity contribution in [3.8, 4) is 22.7 Å². The van der Waals surface area contributed by atoms with Gasteiger partial charge in [0.25, 0.3) is 5.91 Å². The SMILES string of the molecule is Cc1ccc(-c2ccccc2)n1-c1ccc(C(=O)N/N=C/c2cc(Cl)c(OCc3ccc(Br)cc3)c(Br)c2)cc1. The third-order valence-electron chi connectivity index (χ3n) is 6.23. The average Bonchev–Trinajstić information content (AvgIpc) is 3.35. The maximum Gasteiger partial charge on any atom is 0.271 e. The molecule has 200 valence electrons. The summed E-state index contributed by atoms with van der Waals surface area (Å²) in [6.07, 6.45) is 1.54. The summed E-state index contributed by atoms with van der Waals surface area (Å²) >= 11 is 13.4. The predicted molar refractivity (Wildman–Crippen MR) is 169 cm³/mol. The highest BCUT2D eigenvalue weighted by atomic mass is 79.9. The molecule has 4 aromatic carbocycles. The molecule has 0 aliphatic heterocycles. The number of rotatable bonds is 8. The molecule has 8 heteroatoms. The quantitative estimate of drug-likeness (QED) is 0.132. The van der Waals surface area contributed by atoms with E-state index in [1.54, 1.807) is 18.2 Å². The molecule has 0 atom stereocenters. The molecule has 0 saturated heterocycles. The monoisotopic (exact) mass is 675 g/mol. The number of hydrogen-bond acceptors (Lipinski definition) is 3. The molecule has 0 aliphatic rings. The standard InChI is InChI=1S/C32H24Br2ClN3O2/c1-21-7-16-30(24-5-3-2-4-6-24)38(21)27-14-10-25(11-15-27)32(39)37-36-19-23-17-28(34)31(29(35)18-23)40-20-22-8-12-26(33)13-9-22/h2-19H,20H2,1H3,(H,37,39)/b36-19+. The molecule has 5 rings (SSSR count). The Kier molecular flexibility index (Phi) is 8.85. The molecule has 1 N–H and O–H groups in total. The number of nitrogens with zero attached hydrogens (tertiary/aromatic N) is 2. The lowest BCUT2D eigenvalue weighted by molar-refractivity contribution is 0.0955. The molecule has 0 aliphatic carbocycles. The van der Waals surface area contributed by atoms with Gasteiger partial charge in [0.1, 0.15) is 6.61 Å². The highest BCUT2D eigenvalue weighted by molar-refractivity contribution is 9.10. The number of carbonyl (C=O) groups excluding carboxylic acids is 1. The first-order valence-corrected chi connectivity index (χ1v) is 14.4. The molecule has 0 saturated carbocycles. The number of halogens is 3. The van der Waals surface area contributed by atoms with E-state index in [0.29, 0.717) is 33.0 Å². The number of hydrazone groups is 1. The third-order valence-corrected chi connectivity index (χ3v) is 7.63. The third kappa shape index (κ3) is 6.55. The minimum absolute atomic E-state index is 0.310. The fraction of sp³-hybridized carbons (Fsp3) is 0.0625. The Morgan fingerprint density at radius 2 is 1.68 bits per heavy atom. The van der Waals surface area contributed by atoms with Gasteiger partial charge in [0, 0.05) is 21.4 Å². The molecular weight excluding hydrogens is 654 g/mol. The number of hydrogen-bond donors (Lipinski definition) is 1. The molecule has 0 radical (unpaired) electrons. The molecule has 0 fully saturated rings. The van der Waals surface area contributed by atoms with Crippen LogP contribution in [0.15, 0.2) is 117 Å². The Labute approximate surface area is 254 Å². The number of amides is 1. The average molecular weight is 678 g/mol. The molecule has 40 heavy (non-hydrogen) atoms. The van der Waals surface area contributed by atoms with Crippen LogP contribution in [0.4, 0.5) is 0 Å². The molecule has 1 amide bonds. The van der Waals surface area contributed by atoms with E-state index < -0.39 is 0 Å². The van der Waals surface area contributed by atoms with Crippen LogP contribution >= 0.6 is 43.5 Å². The second-order valence-electron chi connectivity index (χ2n) is 9.04.